The molecule has 3 N–H and O–H groups in total. The van der Waals surface area contributed by atoms with E-state index in [0.717, 1.165) is 22.2 Å². The lowest BCUT2D eigenvalue weighted by molar-refractivity contribution is 0.155. The zero-order chi connectivity index (χ0) is 20.7. The second-order valence-electron chi connectivity index (χ2n) is 7.29. The lowest BCUT2D eigenvalue weighted by atomic mass is 9.89. The van der Waals surface area contributed by atoms with Gasteiger partial charge in [-0.1, -0.05) is 19.1 Å². The molecule has 1 aliphatic heterocycles. The van der Waals surface area contributed by atoms with Crippen molar-refractivity contribution in [2.24, 2.45) is 0 Å². The first-order valence-electron chi connectivity index (χ1n) is 9.58. The number of phenols is 2. The van der Waals surface area contributed by atoms with Crippen molar-refractivity contribution in [3.8, 4) is 22.8 Å². The summed E-state index contributed by atoms with van der Waals surface area (Å²) in [6.45, 7) is 3.50. The van der Waals surface area contributed by atoms with Crippen molar-refractivity contribution in [3.05, 3.63) is 55.8 Å². The lowest BCUT2D eigenvalue weighted by Crippen LogP contribution is -2.35. The molecule has 160 valence electrons. The maximum absolute atomic E-state index is 12.9. The second-order valence-corrected chi connectivity index (χ2v) is 8.54. The van der Waals surface area contributed by atoms with Gasteiger partial charge in [0.05, 0.1) is 6.61 Å². The Labute approximate surface area is 193 Å². The van der Waals surface area contributed by atoms with Crippen LogP contribution in [0.5, 0.6) is 11.5 Å². The standard InChI is InChI=1S/C22H22INO5.ClH/c1-2-24-7-6-14(15(24)11-25)20-16(26)9-17(27)21-18(28)10-19(29-22(20)21)12-4-3-5-13(23)8-12;/h3-5,8-10,14-15,25-27H,2,6-7,11H2,1H3;1H. The van der Waals surface area contributed by atoms with E-state index in [-0.39, 0.29) is 58.9 Å². The molecule has 2 heterocycles. The van der Waals surface area contributed by atoms with E-state index < -0.39 is 0 Å². The number of hydrogen-bond donors (Lipinski definition) is 3. The molecule has 1 saturated heterocycles. The topological polar surface area (TPSA) is 94.1 Å². The third-order valence-electron chi connectivity index (χ3n) is 5.73. The number of aliphatic hydroxyl groups is 1. The summed E-state index contributed by atoms with van der Waals surface area (Å²) in [4.78, 5) is 15.0. The van der Waals surface area contributed by atoms with E-state index in [0.29, 0.717) is 17.7 Å². The molecule has 0 bridgehead atoms. The fourth-order valence-corrected chi connectivity index (χ4v) is 4.90. The van der Waals surface area contributed by atoms with Crippen LogP contribution in [0.2, 0.25) is 0 Å². The van der Waals surface area contributed by atoms with Crippen molar-refractivity contribution < 1.29 is 19.7 Å². The minimum atomic E-state index is -0.371. The molecule has 0 aliphatic carbocycles. The van der Waals surface area contributed by atoms with Crippen molar-refractivity contribution in [1.29, 1.82) is 0 Å². The summed E-state index contributed by atoms with van der Waals surface area (Å²) in [5.41, 5.74) is 1.03. The monoisotopic (exact) mass is 543 g/mol. The molecule has 4 rings (SSSR count). The van der Waals surface area contributed by atoms with E-state index >= 15 is 0 Å². The van der Waals surface area contributed by atoms with Crippen molar-refractivity contribution in [3.63, 3.8) is 0 Å². The molecule has 0 saturated carbocycles. The molecule has 1 aliphatic rings. The van der Waals surface area contributed by atoms with Crippen molar-refractivity contribution in [2.45, 2.75) is 25.3 Å². The lowest BCUT2D eigenvalue weighted by Gasteiger charge is -2.26. The highest BCUT2D eigenvalue weighted by atomic mass is 127. The Morgan fingerprint density at radius 3 is 2.63 bits per heavy atom. The Balaban J connectivity index is 0.00000256. The highest BCUT2D eigenvalue weighted by Crippen LogP contribution is 2.44. The van der Waals surface area contributed by atoms with E-state index in [1.54, 1.807) is 0 Å². The predicted octanol–water partition coefficient (Wildman–Crippen LogP) is 4.07. The fourth-order valence-electron chi connectivity index (χ4n) is 4.35. The van der Waals surface area contributed by atoms with Crippen LogP contribution in [-0.2, 0) is 0 Å². The van der Waals surface area contributed by atoms with Gasteiger partial charge in [0.2, 0.25) is 0 Å². The van der Waals surface area contributed by atoms with Crippen LogP contribution in [0.4, 0.5) is 0 Å². The summed E-state index contributed by atoms with van der Waals surface area (Å²) in [5, 5.41) is 31.1. The van der Waals surface area contributed by atoms with E-state index in [2.05, 4.69) is 27.5 Å². The first-order valence-corrected chi connectivity index (χ1v) is 10.7. The van der Waals surface area contributed by atoms with Crippen LogP contribution >= 0.6 is 35.0 Å². The summed E-state index contributed by atoms with van der Waals surface area (Å²) in [5.74, 6) is -0.273. The molecule has 1 aromatic heterocycles. The largest absolute Gasteiger partial charge is 0.507 e. The molecule has 0 amide bonds. The van der Waals surface area contributed by atoms with Crippen molar-refractivity contribution in [1.82, 2.24) is 4.90 Å². The Bertz CT molecular complexity index is 1130. The smallest absolute Gasteiger partial charge is 0.197 e. The van der Waals surface area contributed by atoms with Gasteiger partial charge in [-0.25, -0.2) is 0 Å². The van der Waals surface area contributed by atoms with Crippen LogP contribution in [0.15, 0.2) is 45.6 Å². The summed E-state index contributed by atoms with van der Waals surface area (Å²) < 4.78 is 7.12. The Hall–Kier alpha value is -1.81. The van der Waals surface area contributed by atoms with Crippen LogP contribution in [0.3, 0.4) is 0 Å². The van der Waals surface area contributed by atoms with Gasteiger partial charge in [0.15, 0.2) is 5.43 Å². The van der Waals surface area contributed by atoms with E-state index in [4.69, 9.17) is 4.42 Å². The van der Waals surface area contributed by atoms with Gasteiger partial charge in [-0.15, -0.1) is 12.4 Å². The Kier molecular flexibility index (Phi) is 6.96. The summed E-state index contributed by atoms with van der Waals surface area (Å²) in [6.07, 6.45) is 0.712. The number of likely N-dealkylation sites (N-methyl/N-ethyl adjacent to an activating group) is 1. The Morgan fingerprint density at radius 2 is 1.97 bits per heavy atom. The molecule has 2 aromatic carbocycles. The zero-order valence-corrected chi connectivity index (χ0v) is 19.3. The number of phenolic OH excluding ortho intramolecular Hbond substituents is 2. The van der Waals surface area contributed by atoms with Gasteiger partial charge in [0.25, 0.3) is 0 Å². The molecule has 2 unspecified atom stereocenters. The number of hydrogen-bond acceptors (Lipinski definition) is 6. The average Bonchev–Trinajstić information content (AvgIpc) is 3.10. The maximum Gasteiger partial charge on any atom is 0.197 e. The van der Waals surface area contributed by atoms with E-state index in [1.165, 1.54) is 12.1 Å². The summed E-state index contributed by atoms with van der Waals surface area (Å²) in [6, 6.07) is 9.94. The van der Waals surface area contributed by atoms with Gasteiger partial charge in [-0.2, -0.15) is 0 Å². The molecule has 0 radical (unpaired) electrons. The number of fused-ring (bicyclic) bond motifs is 1. The SMILES string of the molecule is CCN1CCC(c2c(O)cc(O)c3c(=O)cc(-c4cccc(I)c4)oc23)C1CO.Cl. The molecule has 8 heteroatoms. The van der Waals surface area contributed by atoms with Crippen LogP contribution in [0.25, 0.3) is 22.3 Å². The number of halogens is 2. The third kappa shape index (κ3) is 3.91. The quantitative estimate of drug-likeness (QED) is 0.430. The molecular weight excluding hydrogens is 521 g/mol. The number of nitrogens with zero attached hydrogens (tertiary/aromatic N) is 1. The number of likely N-dealkylation sites (tertiary alicyclic amines) is 1. The third-order valence-corrected chi connectivity index (χ3v) is 6.40. The van der Waals surface area contributed by atoms with Crippen molar-refractivity contribution in [2.75, 3.05) is 19.7 Å². The molecule has 6 nitrogen and oxygen atoms in total. The molecule has 0 spiro atoms. The minimum Gasteiger partial charge on any atom is -0.507 e. The summed E-state index contributed by atoms with van der Waals surface area (Å²) >= 11 is 2.19. The van der Waals surface area contributed by atoms with Gasteiger partial charge in [0, 0.05) is 38.8 Å². The first-order chi connectivity index (χ1) is 13.9. The normalized spacial score (nSPS) is 19.2. The van der Waals surface area contributed by atoms with Gasteiger partial charge >= 0.3 is 0 Å². The fraction of sp³-hybridized carbons (Fsp3) is 0.318. The minimum absolute atomic E-state index is 0. The highest BCUT2D eigenvalue weighted by Gasteiger charge is 2.37. The average molecular weight is 544 g/mol. The van der Waals surface area contributed by atoms with E-state index in [1.807, 2.05) is 31.2 Å². The Morgan fingerprint density at radius 1 is 1.20 bits per heavy atom. The number of aliphatic hydroxyl groups excluding tert-OH is 1. The molecule has 2 atom stereocenters. The first kappa shape index (κ1) is 22.9. The molecule has 1 fully saturated rings. The van der Waals surface area contributed by atoms with Gasteiger partial charge in [-0.05, 0) is 54.2 Å². The van der Waals surface area contributed by atoms with Crippen LogP contribution in [0.1, 0.15) is 24.8 Å². The summed E-state index contributed by atoms with van der Waals surface area (Å²) in [7, 11) is 0. The van der Waals surface area contributed by atoms with Gasteiger partial charge < -0.3 is 19.7 Å². The molecular formula is C22H23ClINO5. The zero-order valence-electron chi connectivity index (χ0n) is 16.3. The second kappa shape index (κ2) is 9.13. The number of benzene rings is 2. The molecule has 30 heavy (non-hydrogen) atoms. The maximum atomic E-state index is 12.9. The molecule has 3 aromatic rings. The van der Waals surface area contributed by atoms with E-state index in [9.17, 15) is 20.1 Å². The predicted molar refractivity (Wildman–Crippen MR) is 127 cm³/mol. The van der Waals surface area contributed by atoms with Crippen LogP contribution in [-0.4, -0.2) is 46.0 Å². The number of rotatable bonds is 4. The number of aromatic hydroxyl groups is 2. The van der Waals surface area contributed by atoms with Gasteiger partial charge in [-0.3, -0.25) is 9.69 Å². The van der Waals surface area contributed by atoms with Crippen LogP contribution in [0, 0.1) is 3.57 Å². The highest BCUT2D eigenvalue weighted by molar-refractivity contribution is 14.1. The van der Waals surface area contributed by atoms with Crippen LogP contribution < -0.4 is 5.43 Å². The van der Waals surface area contributed by atoms with Gasteiger partial charge in [0.1, 0.15) is 28.2 Å². The van der Waals surface area contributed by atoms with Crippen molar-refractivity contribution >= 4 is 46.0 Å².